The van der Waals surface area contributed by atoms with Crippen LogP contribution < -0.4 is 15.8 Å². The molecule has 0 saturated carbocycles. The van der Waals surface area contributed by atoms with E-state index in [2.05, 4.69) is 9.69 Å². The number of nitrogens with one attached hydrogen (secondary N) is 1. The van der Waals surface area contributed by atoms with Crippen LogP contribution in [-0.4, -0.2) is 42.4 Å². The topological polar surface area (TPSA) is 80.5 Å². The molecule has 0 saturated heterocycles. The van der Waals surface area contributed by atoms with Crippen LogP contribution >= 0.6 is 11.5 Å². The summed E-state index contributed by atoms with van der Waals surface area (Å²) < 4.78 is 9.30. The fraction of sp³-hybridized carbons (Fsp3) is 0.556. The monoisotopic (exact) mass is 244 g/mol. The van der Waals surface area contributed by atoms with Crippen LogP contribution in [0, 0.1) is 0 Å². The first-order valence-electron chi connectivity index (χ1n) is 4.88. The molecule has 0 atom stereocenters. The van der Waals surface area contributed by atoms with Crippen LogP contribution in [-0.2, 0) is 4.79 Å². The van der Waals surface area contributed by atoms with Gasteiger partial charge in [-0.2, -0.15) is 4.37 Å². The first-order valence-corrected chi connectivity index (χ1v) is 5.65. The number of nitrogens with two attached hydrogens (primary N) is 1. The van der Waals surface area contributed by atoms with E-state index in [0.29, 0.717) is 23.2 Å². The summed E-state index contributed by atoms with van der Waals surface area (Å²) in [5, 5.41) is 3.65. The highest BCUT2D eigenvalue weighted by molar-refractivity contribution is 7.11. The molecule has 0 unspecified atom stereocenters. The van der Waals surface area contributed by atoms with Gasteiger partial charge in [-0.15, -0.1) is 0 Å². The number of hydrogen-bond donors (Lipinski definition) is 2. The van der Waals surface area contributed by atoms with Crippen LogP contribution in [0.15, 0.2) is 0 Å². The van der Waals surface area contributed by atoms with Crippen LogP contribution in [0.1, 0.15) is 6.92 Å². The Labute approximate surface area is 98.5 Å². The van der Waals surface area contributed by atoms with Crippen molar-refractivity contribution in [3.8, 4) is 5.75 Å². The summed E-state index contributed by atoms with van der Waals surface area (Å²) in [4.78, 5) is 12.9. The number of hydrogen-bond acceptors (Lipinski definition) is 6. The number of aromatic nitrogens is 1. The number of amides is 1. The molecule has 1 heterocycles. The Kier molecular flexibility index (Phi) is 4.36. The van der Waals surface area contributed by atoms with Crippen LogP contribution in [0.2, 0.25) is 0 Å². The van der Waals surface area contributed by atoms with Gasteiger partial charge in [0.25, 0.3) is 0 Å². The molecule has 6 nitrogen and oxygen atoms in total. The van der Waals surface area contributed by atoms with Crippen molar-refractivity contribution < 1.29 is 9.53 Å². The third-order valence-corrected chi connectivity index (χ3v) is 2.66. The fourth-order valence-corrected chi connectivity index (χ4v) is 1.66. The normalized spacial score (nSPS) is 9.94. The maximum Gasteiger partial charge on any atom is 0.241 e. The molecule has 90 valence electrons. The second-order valence-electron chi connectivity index (χ2n) is 3.30. The summed E-state index contributed by atoms with van der Waals surface area (Å²) in [6.45, 7) is 2.58. The maximum atomic E-state index is 11.4. The summed E-state index contributed by atoms with van der Waals surface area (Å²) in [5.41, 5.74) is 5.63. The van der Waals surface area contributed by atoms with Crippen molar-refractivity contribution in [1.29, 1.82) is 0 Å². The van der Waals surface area contributed by atoms with E-state index in [0.717, 1.165) is 0 Å². The average molecular weight is 244 g/mol. The van der Waals surface area contributed by atoms with Crippen molar-refractivity contribution >= 4 is 28.3 Å². The zero-order valence-electron chi connectivity index (χ0n) is 9.61. The van der Waals surface area contributed by atoms with Gasteiger partial charge >= 0.3 is 0 Å². The van der Waals surface area contributed by atoms with Gasteiger partial charge in [0.1, 0.15) is 0 Å². The lowest BCUT2D eigenvalue weighted by Gasteiger charge is -2.11. The molecule has 1 rings (SSSR count). The van der Waals surface area contributed by atoms with Crippen LogP contribution in [0.5, 0.6) is 5.75 Å². The van der Waals surface area contributed by atoms with E-state index in [1.54, 1.807) is 14.1 Å². The Morgan fingerprint density at radius 1 is 1.62 bits per heavy atom. The van der Waals surface area contributed by atoms with Gasteiger partial charge in [-0.1, -0.05) is 0 Å². The Bertz CT molecular complexity index is 364. The second-order valence-corrected chi connectivity index (χ2v) is 4.07. The van der Waals surface area contributed by atoms with E-state index in [9.17, 15) is 4.79 Å². The van der Waals surface area contributed by atoms with Gasteiger partial charge in [-0.3, -0.25) is 4.79 Å². The van der Waals surface area contributed by atoms with Crippen molar-refractivity contribution in [2.45, 2.75) is 6.92 Å². The predicted molar refractivity (Wildman–Crippen MR) is 64.9 cm³/mol. The zero-order chi connectivity index (χ0) is 12.1. The lowest BCUT2D eigenvalue weighted by molar-refractivity contribution is -0.126. The van der Waals surface area contributed by atoms with Crippen LogP contribution in [0.4, 0.5) is 10.8 Å². The van der Waals surface area contributed by atoms with Crippen LogP contribution in [0.25, 0.3) is 0 Å². The number of nitrogen functional groups attached to an aromatic ring is 1. The molecule has 0 bridgehead atoms. The molecule has 0 radical (unpaired) electrons. The van der Waals surface area contributed by atoms with E-state index < -0.39 is 0 Å². The molecule has 1 aromatic rings. The average Bonchev–Trinajstić information content (AvgIpc) is 2.58. The third kappa shape index (κ3) is 2.99. The van der Waals surface area contributed by atoms with Crippen molar-refractivity contribution in [1.82, 2.24) is 9.27 Å². The molecule has 0 aromatic carbocycles. The minimum atomic E-state index is -0.0191. The smallest absolute Gasteiger partial charge is 0.241 e. The van der Waals surface area contributed by atoms with Gasteiger partial charge in [0, 0.05) is 14.1 Å². The predicted octanol–water partition coefficient (Wildman–Crippen LogP) is 0.624. The number of rotatable bonds is 5. The second kappa shape index (κ2) is 5.55. The van der Waals surface area contributed by atoms with E-state index in [1.807, 2.05) is 6.92 Å². The third-order valence-electron chi connectivity index (χ3n) is 1.86. The number of nitrogens with zero attached hydrogens (tertiary/aromatic N) is 2. The molecule has 0 aliphatic rings. The molecule has 3 N–H and O–H groups in total. The number of anilines is 2. The minimum Gasteiger partial charge on any atom is -0.487 e. The van der Waals surface area contributed by atoms with Gasteiger partial charge in [0.2, 0.25) is 5.91 Å². The molecular formula is C9H16N4O2S. The van der Waals surface area contributed by atoms with E-state index in [-0.39, 0.29) is 12.5 Å². The van der Waals surface area contributed by atoms with Gasteiger partial charge in [0.15, 0.2) is 16.6 Å². The molecule has 0 aliphatic carbocycles. The molecule has 0 spiro atoms. The Balaban J connectivity index is 2.63. The number of likely N-dealkylation sites (N-methyl/N-ethyl adjacent to an activating group) is 1. The number of ether oxygens (including phenoxy) is 1. The minimum absolute atomic E-state index is 0.0191. The summed E-state index contributed by atoms with van der Waals surface area (Å²) in [6.07, 6.45) is 0. The molecular weight excluding hydrogens is 228 g/mol. The van der Waals surface area contributed by atoms with Crippen molar-refractivity contribution in [2.75, 3.05) is 38.3 Å². The summed E-state index contributed by atoms with van der Waals surface area (Å²) in [5.74, 6) is 0.861. The summed E-state index contributed by atoms with van der Waals surface area (Å²) in [6, 6.07) is 0. The van der Waals surface area contributed by atoms with Crippen molar-refractivity contribution in [3.05, 3.63) is 0 Å². The van der Waals surface area contributed by atoms with Crippen LogP contribution in [0.3, 0.4) is 0 Å². The van der Waals surface area contributed by atoms with E-state index in [4.69, 9.17) is 10.5 Å². The van der Waals surface area contributed by atoms with Crippen molar-refractivity contribution in [3.63, 3.8) is 0 Å². The number of carbonyl (C=O) groups excluding carboxylic acids is 1. The lowest BCUT2D eigenvalue weighted by atomic mass is 10.5. The molecule has 1 amide bonds. The number of carbonyl (C=O) groups is 1. The molecule has 16 heavy (non-hydrogen) atoms. The Morgan fingerprint density at radius 2 is 2.31 bits per heavy atom. The molecule has 0 aliphatic heterocycles. The summed E-state index contributed by atoms with van der Waals surface area (Å²) in [7, 11) is 3.41. The summed E-state index contributed by atoms with van der Waals surface area (Å²) >= 11 is 1.19. The Morgan fingerprint density at radius 3 is 2.88 bits per heavy atom. The molecule has 7 heteroatoms. The largest absolute Gasteiger partial charge is 0.487 e. The lowest BCUT2D eigenvalue weighted by Crippen LogP contribution is -2.28. The van der Waals surface area contributed by atoms with Gasteiger partial charge in [-0.05, 0) is 18.5 Å². The van der Waals surface area contributed by atoms with E-state index in [1.165, 1.54) is 16.4 Å². The zero-order valence-corrected chi connectivity index (χ0v) is 10.4. The maximum absolute atomic E-state index is 11.4. The van der Waals surface area contributed by atoms with Gasteiger partial charge in [0.05, 0.1) is 13.2 Å². The quantitative estimate of drug-likeness (QED) is 0.794. The van der Waals surface area contributed by atoms with E-state index >= 15 is 0 Å². The van der Waals surface area contributed by atoms with Crippen molar-refractivity contribution in [2.24, 2.45) is 0 Å². The molecule has 0 fully saturated rings. The van der Waals surface area contributed by atoms with Gasteiger partial charge < -0.3 is 20.7 Å². The molecule has 1 aromatic heterocycles. The standard InChI is InChI=1S/C9H16N4O2S/c1-4-15-7-8(10)12-16-9(7)11-5-6(14)13(2)3/h11H,4-5H2,1-3H3,(H2,10,12). The first-order chi connectivity index (χ1) is 7.56. The first kappa shape index (κ1) is 12.6. The highest BCUT2D eigenvalue weighted by atomic mass is 32.1. The fourth-order valence-electron chi connectivity index (χ4n) is 1.00. The SMILES string of the molecule is CCOc1c(N)nsc1NCC(=O)N(C)C. The Hall–Kier alpha value is -1.50. The highest BCUT2D eigenvalue weighted by Crippen LogP contribution is 2.34. The highest BCUT2D eigenvalue weighted by Gasteiger charge is 2.13. The van der Waals surface area contributed by atoms with Gasteiger partial charge in [-0.25, -0.2) is 0 Å².